The summed E-state index contributed by atoms with van der Waals surface area (Å²) in [5.41, 5.74) is 4.96. The summed E-state index contributed by atoms with van der Waals surface area (Å²) in [7, 11) is 4.20. The van der Waals surface area contributed by atoms with Crippen LogP contribution in [0.4, 0.5) is 0 Å². The summed E-state index contributed by atoms with van der Waals surface area (Å²) in [6, 6.07) is 17.3. The van der Waals surface area contributed by atoms with E-state index < -0.39 is 0 Å². The summed E-state index contributed by atoms with van der Waals surface area (Å²) in [6.07, 6.45) is 7.68. The molecule has 0 aliphatic heterocycles. The number of aryl methyl sites for hydroxylation is 1. The van der Waals surface area contributed by atoms with E-state index in [-0.39, 0.29) is 0 Å². The van der Waals surface area contributed by atoms with Gasteiger partial charge in [0.15, 0.2) is 0 Å². The van der Waals surface area contributed by atoms with Gasteiger partial charge in [0, 0.05) is 36.9 Å². The van der Waals surface area contributed by atoms with Crippen LogP contribution in [0.3, 0.4) is 0 Å². The zero-order chi connectivity index (χ0) is 22.2. The molecule has 1 aliphatic rings. The number of carbonyl (C=O) groups excluding carboxylic acids is 1. The van der Waals surface area contributed by atoms with Crippen LogP contribution in [0.15, 0.2) is 54.7 Å². The van der Waals surface area contributed by atoms with Crippen molar-refractivity contribution in [3.05, 3.63) is 77.1 Å². The van der Waals surface area contributed by atoms with E-state index in [1.165, 1.54) is 33.9 Å². The Bertz CT molecular complexity index is 1000. The number of Topliss-reactive ketones (excluding diaryl/α,β-unsaturated/α-hetero) is 1. The molecule has 0 amide bonds. The van der Waals surface area contributed by atoms with Gasteiger partial charge < -0.3 is 4.90 Å². The van der Waals surface area contributed by atoms with Gasteiger partial charge in [0.25, 0.3) is 0 Å². The molecule has 3 heteroatoms. The molecule has 1 fully saturated rings. The normalized spacial score (nSPS) is 13.6. The highest BCUT2D eigenvalue weighted by Crippen LogP contribution is 2.29. The van der Waals surface area contributed by atoms with Gasteiger partial charge in [-0.25, -0.2) is 0 Å². The summed E-state index contributed by atoms with van der Waals surface area (Å²) in [5, 5.41) is 2.52. The molecule has 1 aromatic heterocycles. The van der Waals surface area contributed by atoms with Crippen molar-refractivity contribution in [2.24, 2.45) is 5.92 Å². The Morgan fingerprint density at radius 3 is 2.45 bits per heavy atom. The van der Waals surface area contributed by atoms with Gasteiger partial charge in [-0.3, -0.25) is 9.78 Å². The van der Waals surface area contributed by atoms with Gasteiger partial charge in [0.2, 0.25) is 0 Å². The Morgan fingerprint density at radius 2 is 1.74 bits per heavy atom. The molecule has 0 saturated heterocycles. The van der Waals surface area contributed by atoms with Crippen LogP contribution in [-0.2, 0) is 24.2 Å². The van der Waals surface area contributed by atoms with Gasteiger partial charge in [0.1, 0.15) is 5.78 Å². The predicted molar refractivity (Wildman–Crippen MR) is 130 cm³/mol. The maximum absolute atomic E-state index is 12.2. The molecule has 0 bridgehead atoms. The zero-order valence-electron chi connectivity index (χ0n) is 19.5. The molecule has 164 valence electrons. The van der Waals surface area contributed by atoms with Gasteiger partial charge >= 0.3 is 0 Å². The Hall–Kier alpha value is -2.52. The molecule has 0 spiro atoms. The van der Waals surface area contributed by atoms with Crippen LogP contribution in [-0.4, -0.2) is 29.8 Å². The first-order chi connectivity index (χ1) is 15.1. The molecule has 0 unspecified atom stereocenters. The lowest BCUT2D eigenvalue weighted by Crippen LogP contribution is -2.22. The smallest absolute Gasteiger partial charge is 0.136 e. The molecule has 1 aliphatic carbocycles. The quantitative estimate of drug-likeness (QED) is 0.437. The van der Waals surface area contributed by atoms with Crippen molar-refractivity contribution < 1.29 is 4.79 Å². The molecular weight excluding hydrogens is 380 g/mol. The summed E-state index contributed by atoms with van der Waals surface area (Å²) < 4.78 is 0. The van der Waals surface area contributed by atoms with Crippen molar-refractivity contribution in [2.45, 2.75) is 58.9 Å². The molecule has 1 saturated carbocycles. The minimum Gasteiger partial charge on any atom is -0.305 e. The number of nitrogens with zero attached hydrogens (tertiary/aromatic N) is 2. The monoisotopic (exact) mass is 416 g/mol. The Morgan fingerprint density at radius 1 is 1.00 bits per heavy atom. The largest absolute Gasteiger partial charge is 0.305 e. The average molecular weight is 417 g/mol. The van der Waals surface area contributed by atoms with Crippen LogP contribution in [0.1, 0.15) is 61.9 Å². The summed E-state index contributed by atoms with van der Waals surface area (Å²) in [4.78, 5) is 19.1. The van der Waals surface area contributed by atoms with E-state index in [0.29, 0.717) is 18.1 Å². The second-order valence-electron chi connectivity index (χ2n) is 8.60. The molecule has 3 nitrogen and oxygen atoms in total. The van der Waals surface area contributed by atoms with Crippen molar-refractivity contribution in [2.75, 3.05) is 14.1 Å². The molecule has 3 aromatic rings. The van der Waals surface area contributed by atoms with Gasteiger partial charge in [0.05, 0.1) is 5.69 Å². The number of benzene rings is 2. The number of hydrogen-bond acceptors (Lipinski definition) is 3. The van der Waals surface area contributed by atoms with Crippen LogP contribution in [0.2, 0.25) is 0 Å². The maximum Gasteiger partial charge on any atom is 0.136 e. The maximum atomic E-state index is 12.2. The van der Waals surface area contributed by atoms with Crippen molar-refractivity contribution in [3.8, 4) is 0 Å². The SMILES string of the molecule is CC.CN(C)Cc1cccc2c(Cc3cccc(CCC(=O)C4CCC4)c3)nccc12. The topological polar surface area (TPSA) is 33.2 Å². The molecular formula is C28H36N2O. The fourth-order valence-electron chi connectivity index (χ4n) is 4.24. The van der Waals surface area contributed by atoms with E-state index in [0.717, 1.165) is 37.9 Å². The van der Waals surface area contributed by atoms with E-state index in [1.807, 2.05) is 20.0 Å². The number of hydrogen-bond donors (Lipinski definition) is 0. The highest BCUT2D eigenvalue weighted by molar-refractivity contribution is 5.87. The van der Waals surface area contributed by atoms with Crippen LogP contribution in [0.25, 0.3) is 10.8 Å². The van der Waals surface area contributed by atoms with E-state index in [4.69, 9.17) is 4.98 Å². The van der Waals surface area contributed by atoms with Crippen LogP contribution >= 0.6 is 0 Å². The second-order valence-corrected chi connectivity index (χ2v) is 8.60. The second kappa shape index (κ2) is 11.2. The molecule has 4 rings (SSSR count). The van der Waals surface area contributed by atoms with Gasteiger partial charge in [-0.05, 0) is 61.5 Å². The van der Waals surface area contributed by atoms with Crippen LogP contribution < -0.4 is 0 Å². The number of ketones is 1. The van der Waals surface area contributed by atoms with E-state index in [1.54, 1.807) is 0 Å². The Balaban J connectivity index is 0.00000132. The molecule has 0 atom stereocenters. The Labute approximate surface area is 187 Å². The number of carbonyl (C=O) groups is 1. The van der Waals surface area contributed by atoms with Crippen LogP contribution in [0, 0.1) is 5.92 Å². The first-order valence-electron chi connectivity index (χ1n) is 11.7. The lowest BCUT2D eigenvalue weighted by Gasteiger charge is -2.23. The summed E-state index contributed by atoms with van der Waals surface area (Å²) in [6.45, 7) is 4.92. The average Bonchev–Trinajstić information content (AvgIpc) is 2.73. The number of fused-ring (bicyclic) bond motifs is 1. The third-order valence-corrected chi connectivity index (χ3v) is 6.05. The predicted octanol–water partition coefficient (Wildman–Crippen LogP) is 6.22. The van der Waals surface area contributed by atoms with E-state index in [9.17, 15) is 4.79 Å². The number of rotatable bonds is 8. The van der Waals surface area contributed by atoms with Crippen LogP contribution in [0.5, 0.6) is 0 Å². The first-order valence-corrected chi connectivity index (χ1v) is 11.7. The molecule has 1 heterocycles. The van der Waals surface area contributed by atoms with Crippen molar-refractivity contribution in [1.29, 1.82) is 0 Å². The lowest BCUT2D eigenvalue weighted by atomic mass is 9.80. The fourth-order valence-corrected chi connectivity index (χ4v) is 4.24. The highest BCUT2D eigenvalue weighted by atomic mass is 16.1. The minimum absolute atomic E-state index is 0.342. The molecule has 0 N–H and O–H groups in total. The Kier molecular flexibility index (Phi) is 8.36. The van der Waals surface area contributed by atoms with E-state index in [2.05, 4.69) is 67.5 Å². The first kappa shape index (κ1) is 23.1. The molecule has 0 radical (unpaired) electrons. The van der Waals surface area contributed by atoms with Gasteiger partial charge in [-0.2, -0.15) is 0 Å². The lowest BCUT2D eigenvalue weighted by molar-refractivity contribution is -0.125. The number of pyridine rings is 1. The highest BCUT2D eigenvalue weighted by Gasteiger charge is 2.24. The van der Waals surface area contributed by atoms with E-state index >= 15 is 0 Å². The number of aromatic nitrogens is 1. The standard InChI is InChI=1S/C26H30N2O.C2H6/c1-28(2)18-22-10-5-11-24-23(22)14-15-27-25(24)17-20-7-3-6-19(16-20)12-13-26(29)21-8-4-9-21;1-2/h3,5-7,10-11,14-16,21H,4,8-9,12-13,17-18H2,1-2H3;1-2H3. The third kappa shape index (κ3) is 6.01. The third-order valence-electron chi connectivity index (χ3n) is 6.05. The van der Waals surface area contributed by atoms with Gasteiger partial charge in [-0.15, -0.1) is 0 Å². The summed E-state index contributed by atoms with van der Waals surface area (Å²) in [5.74, 6) is 0.792. The summed E-state index contributed by atoms with van der Waals surface area (Å²) >= 11 is 0. The molecule has 31 heavy (non-hydrogen) atoms. The van der Waals surface area contributed by atoms with Gasteiger partial charge in [-0.1, -0.05) is 62.7 Å². The molecule has 2 aromatic carbocycles. The fraction of sp³-hybridized carbons (Fsp3) is 0.429. The zero-order valence-corrected chi connectivity index (χ0v) is 19.5. The van der Waals surface area contributed by atoms with Crippen molar-refractivity contribution in [3.63, 3.8) is 0 Å². The van der Waals surface area contributed by atoms with Crippen molar-refractivity contribution in [1.82, 2.24) is 9.88 Å². The van der Waals surface area contributed by atoms with Crippen molar-refractivity contribution >= 4 is 16.6 Å². The minimum atomic E-state index is 0.342.